The average Bonchev–Trinajstić information content (AvgIpc) is 2.32. The van der Waals surface area contributed by atoms with E-state index in [0.717, 1.165) is 37.7 Å². The van der Waals surface area contributed by atoms with E-state index in [4.69, 9.17) is 5.73 Å². The molecule has 1 saturated heterocycles. The number of nitrogens with two attached hydrogens (primary N) is 1. The van der Waals surface area contributed by atoms with Gasteiger partial charge < -0.3 is 21.3 Å². The van der Waals surface area contributed by atoms with Crippen molar-refractivity contribution in [3.8, 4) is 0 Å². The van der Waals surface area contributed by atoms with Gasteiger partial charge in [-0.2, -0.15) is 9.97 Å². The van der Waals surface area contributed by atoms with E-state index < -0.39 is 0 Å². The highest BCUT2D eigenvalue weighted by molar-refractivity contribution is 5.55. The van der Waals surface area contributed by atoms with Crippen LogP contribution in [0, 0.1) is 5.41 Å². The van der Waals surface area contributed by atoms with Crippen molar-refractivity contribution >= 4 is 17.6 Å². The van der Waals surface area contributed by atoms with Crippen molar-refractivity contribution in [2.24, 2.45) is 5.41 Å². The van der Waals surface area contributed by atoms with Crippen LogP contribution in [0.2, 0.25) is 0 Å². The van der Waals surface area contributed by atoms with Crippen molar-refractivity contribution in [3.05, 3.63) is 6.07 Å². The van der Waals surface area contributed by atoms with E-state index in [9.17, 15) is 0 Å². The van der Waals surface area contributed by atoms with Gasteiger partial charge in [0.25, 0.3) is 0 Å². The zero-order chi connectivity index (χ0) is 15.7. The number of rotatable bonds is 5. The second-order valence-electron chi connectivity index (χ2n) is 7.37. The molecule has 0 spiro atoms. The van der Waals surface area contributed by atoms with Crippen molar-refractivity contribution in [1.82, 2.24) is 15.3 Å². The lowest BCUT2D eigenvalue weighted by Gasteiger charge is -2.48. The van der Waals surface area contributed by atoms with E-state index in [-0.39, 0.29) is 5.54 Å². The molecule has 1 fully saturated rings. The lowest BCUT2D eigenvalue weighted by Crippen LogP contribution is -2.67. The predicted molar refractivity (Wildman–Crippen MR) is 88.7 cm³/mol. The molecule has 1 aliphatic rings. The number of anilines is 3. The molecular weight excluding hydrogens is 264 g/mol. The summed E-state index contributed by atoms with van der Waals surface area (Å²) in [4.78, 5) is 10.8. The first-order chi connectivity index (χ1) is 9.71. The van der Waals surface area contributed by atoms with Crippen LogP contribution in [0.25, 0.3) is 0 Å². The predicted octanol–water partition coefficient (Wildman–Crippen LogP) is 1.70. The lowest BCUT2D eigenvalue weighted by atomic mass is 9.92. The molecule has 0 atom stereocenters. The zero-order valence-corrected chi connectivity index (χ0v) is 13.8. The third-order valence-corrected chi connectivity index (χ3v) is 3.92. The minimum atomic E-state index is 0.166. The Kier molecular flexibility index (Phi) is 4.27. The second-order valence-corrected chi connectivity index (χ2v) is 7.37. The van der Waals surface area contributed by atoms with Gasteiger partial charge in [-0.1, -0.05) is 20.8 Å². The molecule has 21 heavy (non-hydrogen) atoms. The van der Waals surface area contributed by atoms with Gasteiger partial charge in [-0.3, -0.25) is 0 Å². The zero-order valence-electron chi connectivity index (χ0n) is 13.8. The molecule has 0 amide bonds. The van der Waals surface area contributed by atoms with Crippen molar-refractivity contribution < 1.29 is 0 Å². The highest BCUT2D eigenvalue weighted by Gasteiger charge is 2.38. The number of likely N-dealkylation sites (N-methyl/N-ethyl adjacent to an activating group) is 1. The maximum atomic E-state index is 5.83. The topological polar surface area (TPSA) is 79.1 Å². The Morgan fingerprint density at radius 1 is 1.33 bits per heavy atom. The van der Waals surface area contributed by atoms with Gasteiger partial charge in [0.15, 0.2) is 0 Å². The first-order valence-electron chi connectivity index (χ1n) is 7.53. The first kappa shape index (κ1) is 15.8. The number of nitrogen functional groups attached to an aromatic ring is 1. The van der Waals surface area contributed by atoms with Crippen LogP contribution >= 0.6 is 0 Å². The van der Waals surface area contributed by atoms with Gasteiger partial charge in [0.05, 0.1) is 5.54 Å². The molecule has 6 heteroatoms. The maximum absolute atomic E-state index is 5.83. The summed E-state index contributed by atoms with van der Waals surface area (Å²) >= 11 is 0. The highest BCUT2D eigenvalue weighted by Crippen LogP contribution is 2.27. The third kappa shape index (κ3) is 4.20. The van der Waals surface area contributed by atoms with Crippen LogP contribution in [0.4, 0.5) is 17.6 Å². The number of nitrogens with zero attached hydrogens (tertiary/aromatic N) is 3. The summed E-state index contributed by atoms with van der Waals surface area (Å²) in [5, 5.41) is 6.67. The van der Waals surface area contributed by atoms with Gasteiger partial charge in [-0.15, -0.1) is 0 Å². The van der Waals surface area contributed by atoms with Crippen molar-refractivity contribution in [2.45, 2.75) is 39.7 Å². The van der Waals surface area contributed by atoms with Crippen LogP contribution in [0.3, 0.4) is 0 Å². The molecule has 1 aromatic heterocycles. The fourth-order valence-corrected chi connectivity index (χ4v) is 2.39. The van der Waals surface area contributed by atoms with E-state index >= 15 is 0 Å². The molecule has 0 aliphatic carbocycles. The van der Waals surface area contributed by atoms with Gasteiger partial charge in [-0.05, 0) is 25.8 Å². The SMILES string of the molecule is CNC1(C)CN(c2cc(NCCC(C)(C)C)nc(N)n2)C1. The molecular formula is C15H28N6. The van der Waals surface area contributed by atoms with Crippen LogP contribution < -0.4 is 21.3 Å². The van der Waals surface area contributed by atoms with Crippen molar-refractivity contribution in [1.29, 1.82) is 0 Å². The molecule has 2 rings (SSSR count). The fourth-order valence-electron chi connectivity index (χ4n) is 2.39. The lowest BCUT2D eigenvalue weighted by molar-refractivity contribution is 0.301. The molecule has 0 unspecified atom stereocenters. The molecule has 2 heterocycles. The number of hydrogen-bond donors (Lipinski definition) is 3. The first-order valence-corrected chi connectivity index (χ1v) is 7.53. The molecule has 4 N–H and O–H groups in total. The van der Waals surface area contributed by atoms with E-state index in [2.05, 4.69) is 53.2 Å². The Morgan fingerprint density at radius 3 is 2.57 bits per heavy atom. The molecule has 6 nitrogen and oxygen atoms in total. The van der Waals surface area contributed by atoms with E-state index in [1.54, 1.807) is 0 Å². The Bertz CT molecular complexity index is 487. The van der Waals surface area contributed by atoms with Gasteiger partial charge in [0.2, 0.25) is 5.95 Å². The van der Waals surface area contributed by atoms with Gasteiger partial charge >= 0.3 is 0 Å². The highest BCUT2D eigenvalue weighted by atomic mass is 15.3. The largest absolute Gasteiger partial charge is 0.370 e. The molecule has 0 saturated carbocycles. The normalized spacial score (nSPS) is 17.5. The monoisotopic (exact) mass is 292 g/mol. The van der Waals surface area contributed by atoms with Crippen LogP contribution in [0.1, 0.15) is 34.1 Å². The van der Waals surface area contributed by atoms with Crippen LogP contribution in [0.5, 0.6) is 0 Å². The smallest absolute Gasteiger partial charge is 0.223 e. The van der Waals surface area contributed by atoms with Crippen molar-refractivity contribution in [2.75, 3.05) is 42.6 Å². The number of nitrogens with one attached hydrogen (secondary N) is 2. The summed E-state index contributed by atoms with van der Waals surface area (Å²) in [5.74, 6) is 2.03. The van der Waals surface area contributed by atoms with Crippen LogP contribution in [-0.2, 0) is 0 Å². The minimum Gasteiger partial charge on any atom is -0.370 e. The molecule has 0 aromatic carbocycles. The molecule has 0 radical (unpaired) electrons. The van der Waals surface area contributed by atoms with Gasteiger partial charge in [0, 0.05) is 25.7 Å². The Hall–Kier alpha value is -1.56. The fraction of sp³-hybridized carbons (Fsp3) is 0.733. The Labute approximate surface area is 127 Å². The standard InChI is InChI=1S/C15H28N6/c1-14(2,3)6-7-18-11-8-12(20-13(16)19-11)21-9-15(4,10-21)17-5/h8,17H,6-7,9-10H2,1-5H3,(H3,16,18,19,20). The summed E-state index contributed by atoms with van der Waals surface area (Å²) in [6.07, 6.45) is 1.08. The van der Waals surface area contributed by atoms with E-state index in [1.807, 2.05) is 13.1 Å². The van der Waals surface area contributed by atoms with Crippen molar-refractivity contribution in [3.63, 3.8) is 0 Å². The average molecular weight is 292 g/mol. The molecule has 1 aliphatic heterocycles. The molecule has 118 valence electrons. The second kappa shape index (κ2) is 5.67. The summed E-state index contributed by atoms with van der Waals surface area (Å²) in [6.45, 7) is 11.6. The number of aromatic nitrogens is 2. The third-order valence-electron chi connectivity index (χ3n) is 3.92. The maximum Gasteiger partial charge on any atom is 0.223 e. The summed E-state index contributed by atoms with van der Waals surface area (Å²) in [5.41, 5.74) is 6.30. The van der Waals surface area contributed by atoms with Crippen LogP contribution in [0.15, 0.2) is 6.07 Å². The summed E-state index contributed by atoms with van der Waals surface area (Å²) < 4.78 is 0. The summed E-state index contributed by atoms with van der Waals surface area (Å²) in [7, 11) is 1.99. The number of hydrogen-bond acceptors (Lipinski definition) is 6. The van der Waals surface area contributed by atoms with Gasteiger partial charge in [0.1, 0.15) is 11.6 Å². The Balaban J connectivity index is 1.98. The molecule has 1 aromatic rings. The van der Waals surface area contributed by atoms with Gasteiger partial charge in [-0.25, -0.2) is 0 Å². The Morgan fingerprint density at radius 2 is 2.00 bits per heavy atom. The van der Waals surface area contributed by atoms with E-state index in [0.29, 0.717) is 11.4 Å². The summed E-state index contributed by atoms with van der Waals surface area (Å²) in [6, 6.07) is 1.98. The van der Waals surface area contributed by atoms with E-state index in [1.165, 1.54) is 0 Å². The minimum absolute atomic E-state index is 0.166. The quantitative estimate of drug-likeness (QED) is 0.766. The molecule has 0 bridgehead atoms. The van der Waals surface area contributed by atoms with Crippen LogP contribution in [-0.4, -0.2) is 42.2 Å².